The van der Waals surface area contributed by atoms with Crippen LogP contribution in [0.3, 0.4) is 0 Å². The van der Waals surface area contributed by atoms with Gasteiger partial charge in [-0.3, -0.25) is 14.3 Å². The minimum atomic E-state index is -0.746. The molecule has 5 N–H and O–H groups in total. The Morgan fingerprint density at radius 2 is 2.27 bits per heavy atom. The molecule has 0 bridgehead atoms. The minimum Gasteiger partial charge on any atom is -0.391 e. The van der Waals surface area contributed by atoms with Crippen LogP contribution in [0.4, 0.5) is 5.13 Å². The molecule has 0 aliphatic heterocycles. The molecule has 10 heteroatoms. The van der Waals surface area contributed by atoms with E-state index in [1.54, 1.807) is 6.20 Å². The Labute approximate surface area is 154 Å². The van der Waals surface area contributed by atoms with Crippen LogP contribution in [0.2, 0.25) is 0 Å². The summed E-state index contributed by atoms with van der Waals surface area (Å²) in [6.07, 6.45) is 5.76. The molecule has 9 nitrogen and oxygen atoms in total. The number of aryl methyl sites for hydroxylation is 1. The number of rotatable bonds is 7. The Morgan fingerprint density at radius 3 is 2.96 bits per heavy atom. The molecule has 1 saturated carbocycles. The fourth-order valence-corrected chi connectivity index (χ4v) is 3.63. The highest BCUT2D eigenvalue weighted by Crippen LogP contribution is 2.27. The lowest BCUT2D eigenvalue weighted by Gasteiger charge is -2.15. The van der Waals surface area contributed by atoms with Crippen molar-refractivity contribution >= 4 is 28.3 Å². The zero-order chi connectivity index (χ0) is 18.5. The van der Waals surface area contributed by atoms with Gasteiger partial charge >= 0.3 is 0 Å². The lowest BCUT2D eigenvalue weighted by Crippen LogP contribution is -2.39. The van der Waals surface area contributed by atoms with Crippen LogP contribution >= 0.6 is 11.3 Å². The Hall–Kier alpha value is -2.46. The number of nitrogens with one attached hydrogen (secondary N) is 2. The number of hydrogen-bond acceptors (Lipinski definition) is 7. The Balaban J connectivity index is 1.42. The van der Waals surface area contributed by atoms with E-state index in [4.69, 9.17) is 5.73 Å². The maximum Gasteiger partial charge on any atom is 0.263 e. The highest BCUT2D eigenvalue weighted by Gasteiger charge is 2.37. The van der Waals surface area contributed by atoms with Gasteiger partial charge in [0.15, 0.2) is 5.13 Å². The second-order valence-corrected chi connectivity index (χ2v) is 7.35. The zero-order valence-electron chi connectivity index (χ0n) is 14.2. The number of amides is 2. The van der Waals surface area contributed by atoms with Crippen molar-refractivity contribution in [2.24, 2.45) is 5.92 Å². The van der Waals surface area contributed by atoms with Crippen LogP contribution in [0.15, 0.2) is 24.7 Å². The number of aliphatic hydroxyl groups excluding tert-OH is 1. The lowest BCUT2D eigenvalue weighted by atomic mass is 10.1. The van der Waals surface area contributed by atoms with E-state index in [2.05, 4.69) is 20.7 Å². The monoisotopic (exact) mass is 378 g/mol. The summed E-state index contributed by atoms with van der Waals surface area (Å²) >= 11 is 1.09. The lowest BCUT2D eigenvalue weighted by molar-refractivity contribution is -0.125. The number of nitrogens with zero attached hydrogens (tertiary/aromatic N) is 3. The third-order valence-electron chi connectivity index (χ3n) is 4.39. The van der Waals surface area contributed by atoms with Crippen LogP contribution in [-0.4, -0.2) is 50.4 Å². The molecule has 0 aromatic carbocycles. The summed E-state index contributed by atoms with van der Waals surface area (Å²) in [7, 11) is 0. The maximum absolute atomic E-state index is 12.3. The molecule has 1 aliphatic rings. The Bertz CT molecular complexity index is 747. The van der Waals surface area contributed by atoms with Gasteiger partial charge in [-0.25, -0.2) is 4.98 Å². The fourth-order valence-electron chi connectivity index (χ4n) is 3.05. The molecule has 1 aliphatic carbocycles. The molecule has 0 unspecified atom stereocenters. The van der Waals surface area contributed by atoms with E-state index in [0.29, 0.717) is 29.4 Å². The average molecular weight is 378 g/mol. The molecule has 3 atom stereocenters. The van der Waals surface area contributed by atoms with Crippen LogP contribution in [0.25, 0.3) is 0 Å². The summed E-state index contributed by atoms with van der Waals surface area (Å²) in [6.45, 7) is 1.28. The number of thiazole rings is 1. The maximum atomic E-state index is 12.3. The van der Waals surface area contributed by atoms with Crippen LogP contribution in [0, 0.1) is 5.92 Å². The van der Waals surface area contributed by atoms with E-state index in [-0.39, 0.29) is 17.7 Å². The van der Waals surface area contributed by atoms with Gasteiger partial charge in [0, 0.05) is 31.4 Å². The van der Waals surface area contributed by atoms with Gasteiger partial charge in [-0.05, 0) is 25.3 Å². The standard InChI is InChI=1S/C16H22N6O3S/c17-16-19-9-13(26-16)15(25)21-11-7-10(8-12(11)23)14(24)18-3-1-5-22-6-2-4-20-22/h2,4,6,9-12,23H,1,3,5,7-8H2,(H2,17,19)(H,18,24)(H,21,25)/t10-,11-,12-/m0/s1. The fraction of sp³-hybridized carbons (Fsp3) is 0.500. The van der Waals surface area contributed by atoms with Crippen LogP contribution in [0.1, 0.15) is 28.9 Å². The minimum absolute atomic E-state index is 0.0942. The quantitative estimate of drug-likeness (QED) is 0.501. The van der Waals surface area contributed by atoms with Gasteiger partial charge in [-0.1, -0.05) is 11.3 Å². The van der Waals surface area contributed by atoms with E-state index < -0.39 is 12.1 Å². The molecule has 26 heavy (non-hydrogen) atoms. The molecular formula is C16H22N6O3S. The van der Waals surface area contributed by atoms with Crippen molar-refractivity contribution in [1.82, 2.24) is 25.4 Å². The second-order valence-electron chi connectivity index (χ2n) is 6.29. The summed E-state index contributed by atoms with van der Waals surface area (Å²) in [5.41, 5.74) is 5.52. The summed E-state index contributed by atoms with van der Waals surface area (Å²) < 4.78 is 1.81. The molecule has 0 spiro atoms. The smallest absolute Gasteiger partial charge is 0.263 e. The Kier molecular flexibility index (Phi) is 5.84. The summed E-state index contributed by atoms with van der Waals surface area (Å²) in [5, 5.41) is 20.2. The number of nitrogens with two attached hydrogens (primary N) is 1. The SMILES string of the molecule is Nc1ncc(C(=O)N[C@H]2C[C@H](C(=O)NCCCn3cccn3)C[C@@H]2O)s1. The highest BCUT2D eigenvalue weighted by molar-refractivity contribution is 7.17. The molecule has 2 aromatic heterocycles. The van der Waals surface area contributed by atoms with Crippen molar-refractivity contribution in [2.75, 3.05) is 12.3 Å². The average Bonchev–Trinajstić information content (AvgIpc) is 3.34. The number of carbonyl (C=O) groups is 2. The largest absolute Gasteiger partial charge is 0.391 e. The molecule has 2 heterocycles. The summed E-state index contributed by atoms with van der Waals surface area (Å²) in [6, 6.07) is 1.40. The highest BCUT2D eigenvalue weighted by atomic mass is 32.1. The van der Waals surface area contributed by atoms with Gasteiger partial charge < -0.3 is 21.5 Å². The van der Waals surface area contributed by atoms with Crippen molar-refractivity contribution < 1.29 is 14.7 Å². The number of hydrogen-bond donors (Lipinski definition) is 4. The van der Waals surface area contributed by atoms with Gasteiger partial charge in [-0.2, -0.15) is 5.10 Å². The van der Waals surface area contributed by atoms with Crippen molar-refractivity contribution in [2.45, 2.75) is 38.0 Å². The molecule has 0 radical (unpaired) electrons. The number of aliphatic hydroxyl groups is 1. The normalized spacial score (nSPS) is 22.3. The van der Waals surface area contributed by atoms with Crippen molar-refractivity contribution in [3.8, 4) is 0 Å². The first-order chi connectivity index (χ1) is 12.5. The topological polar surface area (TPSA) is 135 Å². The molecule has 3 rings (SSSR count). The molecule has 2 aromatic rings. The predicted molar refractivity (Wildman–Crippen MR) is 96.4 cm³/mol. The van der Waals surface area contributed by atoms with E-state index >= 15 is 0 Å². The van der Waals surface area contributed by atoms with Crippen molar-refractivity contribution in [1.29, 1.82) is 0 Å². The second kappa shape index (κ2) is 8.28. The summed E-state index contributed by atoms with van der Waals surface area (Å²) in [5.74, 6) is -0.738. The molecular weight excluding hydrogens is 356 g/mol. The number of aromatic nitrogens is 3. The van der Waals surface area contributed by atoms with Crippen molar-refractivity contribution in [3.63, 3.8) is 0 Å². The van der Waals surface area contributed by atoms with Crippen LogP contribution < -0.4 is 16.4 Å². The van der Waals surface area contributed by atoms with Crippen LogP contribution in [-0.2, 0) is 11.3 Å². The molecule has 1 fully saturated rings. The van der Waals surface area contributed by atoms with Gasteiger partial charge in [0.2, 0.25) is 5.91 Å². The number of carbonyl (C=O) groups excluding carboxylic acids is 2. The Morgan fingerprint density at radius 1 is 1.42 bits per heavy atom. The third kappa shape index (κ3) is 4.58. The first kappa shape index (κ1) is 18.3. The first-order valence-corrected chi connectivity index (χ1v) is 9.30. The summed E-state index contributed by atoms with van der Waals surface area (Å²) in [4.78, 5) is 28.6. The first-order valence-electron chi connectivity index (χ1n) is 8.48. The zero-order valence-corrected chi connectivity index (χ0v) is 15.0. The van der Waals surface area contributed by atoms with Gasteiger partial charge in [0.05, 0.1) is 18.3 Å². The number of nitrogen functional groups attached to an aromatic ring is 1. The predicted octanol–water partition coefficient (Wildman–Crippen LogP) is -0.00240. The van der Waals surface area contributed by atoms with E-state index in [1.807, 2.05) is 16.9 Å². The third-order valence-corrected chi connectivity index (χ3v) is 5.21. The van der Waals surface area contributed by atoms with E-state index in [1.165, 1.54) is 6.20 Å². The number of anilines is 1. The molecule has 2 amide bonds. The van der Waals surface area contributed by atoms with Gasteiger partial charge in [0.25, 0.3) is 5.91 Å². The van der Waals surface area contributed by atoms with Gasteiger partial charge in [0.1, 0.15) is 4.88 Å². The van der Waals surface area contributed by atoms with E-state index in [0.717, 1.165) is 24.3 Å². The molecule has 0 saturated heterocycles. The van der Waals surface area contributed by atoms with Gasteiger partial charge in [-0.15, -0.1) is 0 Å². The van der Waals surface area contributed by atoms with Crippen molar-refractivity contribution in [3.05, 3.63) is 29.5 Å². The van der Waals surface area contributed by atoms with E-state index in [9.17, 15) is 14.7 Å². The van der Waals surface area contributed by atoms with Crippen LogP contribution in [0.5, 0.6) is 0 Å². The molecule has 140 valence electrons.